The van der Waals surface area contributed by atoms with Crippen molar-refractivity contribution in [1.82, 2.24) is 9.97 Å². The van der Waals surface area contributed by atoms with E-state index in [1.165, 1.54) is 11.8 Å². The number of amides is 1. The second-order valence-electron chi connectivity index (χ2n) is 5.79. The molecule has 0 fully saturated rings. The zero-order valence-electron chi connectivity index (χ0n) is 14.3. The normalized spacial score (nSPS) is 12.5. The Labute approximate surface area is 154 Å². The third kappa shape index (κ3) is 4.32. The van der Waals surface area contributed by atoms with Gasteiger partial charge in [-0.2, -0.15) is 4.98 Å². The van der Waals surface area contributed by atoms with Gasteiger partial charge in [-0.3, -0.25) is 4.79 Å². The average Bonchev–Trinajstić information content (AvgIpc) is 3.09. The first kappa shape index (κ1) is 18.2. The molecule has 0 bridgehead atoms. The molecule has 8 heteroatoms. The lowest BCUT2D eigenvalue weighted by atomic mass is 10.2. The van der Waals surface area contributed by atoms with E-state index in [4.69, 9.17) is 4.74 Å². The minimum Gasteiger partial charge on any atom is -0.462 e. The fraction of sp³-hybridized carbons (Fsp3) is 0.333. The number of carbonyl (C=O) groups is 2. The van der Waals surface area contributed by atoms with Crippen LogP contribution in [-0.2, 0) is 22.4 Å². The third-order valence-corrected chi connectivity index (χ3v) is 4.97. The quantitative estimate of drug-likeness (QED) is 0.457. The summed E-state index contributed by atoms with van der Waals surface area (Å²) in [7, 11) is 0. The molecule has 0 aliphatic heterocycles. The van der Waals surface area contributed by atoms with E-state index in [9.17, 15) is 14.4 Å². The van der Waals surface area contributed by atoms with Gasteiger partial charge in [0.25, 0.3) is 0 Å². The topological polar surface area (TPSA) is 101 Å². The maximum absolute atomic E-state index is 12.2. The number of benzene rings is 1. The molecule has 1 amide bonds. The van der Waals surface area contributed by atoms with Gasteiger partial charge in [-0.25, -0.2) is 9.59 Å². The number of nitrogens with one attached hydrogen (secondary N) is 2. The SMILES string of the molecule is CCOC(=O)c1ccc(NC(=O)CSc2nc(=O)[nH]c3c2CCC3)cc1. The molecule has 1 aliphatic carbocycles. The summed E-state index contributed by atoms with van der Waals surface area (Å²) in [6, 6.07) is 6.51. The number of anilines is 1. The molecule has 1 aromatic heterocycles. The van der Waals surface area contributed by atoms with Crippen molar-refractivity contribution >= 4 is 29.3 Å². The van der Waals surface area contributed by atoms with Crippen LogP contribution in [0.4, 0.5) is 5.69 Å². The van der Waals surface area contributed by atoms with E-state index in [1.807, 2.05) is 0 Å². The highest BCUT2D eigenvalue weighted by atomic mass is 32.2. The Kier molecular flexibility index (Phi) is 5.72. The van der Waals surface area contributed by atoms with Gasteiger partial charge in [-0.1, -0.05) is 11.8 Å². The second kappa shape index (κ2) is 8.18. The van der Waals surface area contributed by atoms with Gasteiger partial charge >= 0.3 is 11.7 Å². The summed E-state index contributed by atoms with van der Waals surface area (Å²) in [5.41, 5.74) is 2.63. The highest BCUT2D eigenvalue weighted by Crippen LogP contribution is 2.27. The molecule has 2 aromatic rings. The molecule has 0 atom stereocenters. The van der Waals surface area contributed by atoms with E-state index >= 15 is 0 Å². The smallest absolute Gasteiger partial charge is 0.346 e. The fourth-order valence-corrected chi connectivity index (χ4v) is 3.68. The van der Waals surface area contributed by atoms with Crippen LogP contribution in [0.15, 0.2) is 34.1 Å². The van der Waals surface area contributed by atoms with Gasteiger partial charge in [0.15, 0.2) is 0 Å². The van der Waals surface area contributed by atoms with Crippen LogP contribution in [0.5, 0.6) is 0 Å². The van der Waals surface area contributed by atoms with Crippen molar-refractivity contribution < 1.29 is 14.3 Å². The van der Waals surface area contributed by atoms with E-state index in [0.29, 0.717) is 22.9 Å². The summed E-state index contributed by atoms with van der Waals surface area (Å²) < 4.78 is 4.92. The van der Waals surface area contributed by atoms with Crippen molar-refractivity contribution in [2.24, 2.45) is 0 Å². The lowest BCUT2D eigenvalue weighted by Crippen LogP contribution is -2.17. The number of aryl methyl sites for hydroxylation is 1. The molecule has 0 unspecified atom stereocenters. The standard InChI is InChI=1S/C18H19N3O4S/c1-2-25-17(23)11-6-8-12(9-7-11)19-15(22)10-26-16-13-4-3-5-14(13)20-18(24)21-16/h6-9H,2-5,10H2,1H3,(H,19,22)(H,20,21,24). The van der Waals surface area contributed by atoms with Gasteiger partial charge < -0.3 is 15.0 Å². The lowest BCUT2D eigenvalue weighted by Gasteiger charge is -2.08. The molecule has 136 valence electrons. The van der Waals surface area contributed by atoms with Crippen LogP contribution < -0.4 is 11.0 Å². The molecule has 1 heterocycles. The first-order valence-electron chi connectivity index (χ1n) is 8.38. The monoisotopic (exact) mass is 373 g/mol. The first-order chi connectivity index (χ1) is 12.6. The molecule has 0 saturated heterocycles. The summed E-state index contributed by atoms with van der Waals surface area (Å²) in [6.07, 6.45) is 2.71. The van der Waals surface area contributed by atoms with Crippen LogP contribution in [0.25, 0.3) is 0 Å². The number of hydrogen-bond donors (Lipinski definition) is 2. The van der Waals surface area contributed by atoms with E-state index in [1.54, 1.807) is 31.2 Å². The van der Waals surface area contributed by atoms with Gasteiger partial charge in [-0.05, 0) is 50.5 Å². The highest BCUT2D eigenvalue weighted by molar-refractivity contribution is 8.00. The number of H-pyrrole nitrogens is 1. The van der Waals surface area contributed by atoms with Crippen LogP contribution in [0.3, 0.4) is 0 Å². The minimum absolute atomic E-state index is 0.155. The van der Waals surface area contributed by atoms with Crippen LogP contribution in [0, 0.1) is 0 Å². The molecule has 1 aromatic carbocycles. The van der Waals surface area contributed by atoms with E-state index in [0.717, 1.165) is 30.5 Å². The summed E-state index contributed by atoms with van der Waals surface area (Å²) in [4.78, 5) is 42.1. The zero-order valence-corrected chi connectivity index (χ0v) is 15.1. The van der Waals surface area contributed by atoms with Crippen LogP contribution in [-0.4, -0.2) is 34.2 Å². The summed E-state index contributed by atoms with van der Waals surface area (Å²) in [5.74, 6) is -0.439. The molecule has 3 rings (SSSR count). The van der Waals surface area contributed by atoms with Crippen molar-refractivity contribution in [1.29, 1.82) is 0 Å². The number of nitrogens with zero attached hydrogens (tertiary/aromatic N) is 1. The number of ether oxygens (including phenoxy) is 1. The number of rotatable bonds is 6. The molecular formula is C18H19N3O4S. The van der Waals surface area contributed by atoms with E-state index < -0.39 is 5.97 Å². The molecular weight excluding hydrogens is 354 g/mol. The Balaban J connectivity index is 1.58. The van der Waals surface area contributed by atoms with Crippen molar-refractivity contribution in [3.63, 3.8) is 0 Å². The van der Waals surface area contributed by atoms with E-state index in [2.05, 4.69) is 15.3 Å². The van der Waals surface area contributed by atoms with Gasteiger partial charge in [0, 0.05) is 16.9 Å². The molecule has 0 saturated carbocycles. The van der Waals surface area contributed by atoms with Gasteiger partial charge in [0.1, 0.15) is 5.03 Å². The van der Waals surface area contributed by atoms with Crippen molar-refractivity contribution in [3.05, 3.63) is 51.6 Å². The van der Waals surface area contributed by atoms with E-state index in [-0.39, 0.29) is 17.3 Å². The molecule has 1 aliphatic rings. The van der Waals surface area contributed by atoms with Crippen molar-refractivity contribution in [2.45, 2.75) is 31.2 Å². The Bertz CT molecular complexity index is 877. The number of hydrogen-bond acceptors (Lipinski definition) is 6. The number of esters is 1. The Hall–Kier alpha value is -2.61. The maximum atomic E-state index is 12.2. The Morgan fingerprint density at radius 2 is 2.04 bits per heavy atom. The molecule has 2 N–H and O–H groups in total. The van der Waals surface area contributed by atoms with Gasteiger partial charge in [0.05, 0.1) is 17.9 Å². The van der Waals surface area contributed by atoms with Crippen LogP contribution >= 0.6 is 11.8 Å². The Morgan fingerprint density at radius 1 is 1.27 bits per heavy atom. The number of aromatic amines is 1. The van der Waals surface area contributed by atoms with Gasteiger partial charge in [-0.15, -0.1) is 0 Å². The van der Waals surface area contributed by atoms with Crippen LogP contribution in [0.2, 0.25) is 0 Å². The van der Waals surface area contributed by atoms with Crippen molar-refractivity contribution in [3.8, 4) is 0 Å². The molecule has 7 nitrogen and oxygen atoms in total. The summed E-state index contributed by atoms with van der Waals surface area (Å²) >= 11 is 1.26. The summed E-state index contributed by atoms with van der Waals surface area (Å²) in [5, 5.41) is 3.40. The Morgan fingerprint density at radius 3 is 2.77 bits per heavy atom. The third-order valence-electron chi connectivity index (χ3n) is 3.96. The lowest BCUT2D eigenvalue weighted by molar-refractivity contribution is -0.113. The number of carbonyl (C=O) groups excluding carboxylic acids is 2. The fourth-order valence-electron chi connectivity index (χ4n) is 2.79. The van der Waals surface area contributed by atoms with Crippen molar-refractivity contribution in [2.75, 3.05) is 17.7 Å². The predicted molar refractivity (Wildman–Crippen MR) is 98.6 cm³/mol. The molecule has 26 heavy (non-hydrogen) atoms. The average molecular weight is 373 g/mol. The molecule has 0 radical (unpaired) electrons. The number of aromatic nitrogens is 2. The summed E-state index contributed by atoms with van der Waals surface area (Å²) in [6.45, 7) is 2.06. The predicted octanol–water partition coefficient (Wildman–Crippen LogP) is 2.17. The number of fused-ring (bicyclic) bond motifs is 1. The van der Waals surface area contributed by atoms with Gasteiger partial charge in [0.2, 0.25) is 5.91 Å². The number of thioether (sulfide) groups is 1. The zero-order chi connectivity index (χ0) is 18.5. The largest absolute Gasteiger partial charge is 0.462 e. The maximum Gasteiger partial charge on any atom is 0.346 e. The second-order valence-corrected chi connectivity index (χ2v) is 6.76. The van der Waals surface area contributed by atoms with Crippen LogP contribution in [0.1, 0.15) is 35.0 Å². The first-order valence-corrected chi connectivity index (χ1v) is 9.37. The highest BCUT2D eigenvalue weighted by Gasteiger charge is 2.18. The minimum atomic E-state index is -0.393. The molecule has 0 spiro atoms.